The van der Waals surface area contributed by atoms with Gasteiger partial charge < -0.3 is 9.64 Å². The number of rotatable bonds is 4. The summed E-state index contributed by atoms with van der Waals surface area (Å²) in [5.74, 6) is 0.00289. The number of carbonyl (C=O) groups excluding carboxylic acids is 1. The summed E-state index contributed by atoms with van der Waals surface area (Å²) in [5.41, 5.74) is 2.63. The molecule has 106 valence electrons. The lowest BCUT2D eigenvalue weighted by Crippen LogP contribution is -2.21. The predicted octanol–water partition coefficient (Wildman–Crippen LogP) is 2.97. The molecule has 4 nitrogen and oxygen atoms in total. The summed E-state index contributed by atoms with van der Waals surface area (Å²) >= 11 is 1.64. The number of methoxy groups -OCH3 is 1. The molecule has 0 N–H and O–H groups in total. The molecule has 0 spiro atoms. The van der Waals surface area contributed by atoms with Crippen molar-refractivity contribution >= 4 is 17.2 Å². The van der Waals surface area contributed by atoms with Crippen LogP contribution in [0.4, 0.5) is 0 Å². The van der Waals surface area contributed by atoms with Crippen LogP contribution >= 0.6 is 11.3 Å². The monoisotopic (exact) mass is 290 g/mol. The molecule has 0 unspecified atom stereocenters. The van der Waals surface area contributed by atoms with Crippen molar-refractivity contribution < 1.29 is 9.53 Å². The number of aromatic nitrogens is 1. The van der Waals surface area contributed by atoms with Crippen molar-refractivity contribution in [3.63, 3.8) is 0 Å². The molecule has 1 aromatic carbocycles. The first-order chi connectivity index (χ1) is 9.52. The van der Waals surface area contributed by atoms with Gasteiger partial charge in [-0.1, -0.05) is 12.1 Å². The smallest absolute Gasteiger partial charge is 0.253 e. The third kappa shape index (κ3) is 3.05. The lowest BCUT2D eigenvalue weighted by molar-refractivity contribution is 0.0827. The van der Waals surface area contributed by atoms with E-state index in [9.17, 15) is 4.79 Å². The Kier molecular flexibility index (Phi) is 4.52. The van der Waals surface area contributed by atoms with Crippen LogP contribution in [0, 0.1) is 6.92 Å². The molecule has 5 heteroatoms. The van der Waals surface area contributed by atoms with Crippen LogP contribution in [-0.4, -0.2) is 37.0 Å². The molecule has 2 aromatic rings. The Hall–Kier alpha value is -1.72. The molecule has 0 aliphatic rings. The Morgan fingerprint density at radius 3 is 2.50 bits per heavy atom. The van der Waals surface area contributed by atoms with Crippen molar-refractivity contribution in [2.24, 2.45) is 0 Å². The maximum Gasteiger partial charge on any atom is 0.253 e. The SMILES string of the molecule is COCc1sc(C)nc1-c1ccc(C(=O)N(C)C)cc1. The van der Waals surface area contributed by atoms with Gasteiger partial charge in [0.05, 0.1) is 22.2 Å². The minimum absolute atomic E-state index is 0.00289. The zero-order valence-corrected chi connectivity index (χ0v) is 13.0. The van der Waals surface area contributed by atoms with Crippen LogP contribution in [0.3, 0.4) is 0 Å². The van der Waals surface area contributed by atoms with Crippen molar-refractivity contribution in [3.05, 3.63) is 39.7 Å². The Bertz CT molecular complexity index is 603. The van der Waals surface area contributed by atoms with Crippen molar-refractivity contribution in [1.82, 2.24) is 9.88 Å². The Morgan fingerprint density at radius 2 is 1.95 bits per heavy atom. The maximum absolute atomic E-state index is 11.9. The van der Waals surface area contributed by atoms with Gasteiger partial charge in [-0.15, -0.1) is 11.3 Å². The third-order valence-corrected chi connectivity index (χ3v) is 3.84. The normalized spacial score (nSPS) is 10.6. The van der Waals surface area contributed by atoms with E-state index in [1.807, 2.05) is 31.2 Å². The Labute approximate surface area is 123 Å². The van der Waals surface area contributed by atoms with Crippen molar-refractivity contribution in [2.75, 3.05) is 21.2 Å². The van der Waals surface area contributed by atoms with Gasteiger partial charge in [0.1, 0.15) is 0 Å². The number of ether oxygens (including phenoxy) is 1. The topological polar surface area (TPSA) is 42.4 Å². The number of carbonyl (C=O) groups is 1. The Morgan fingerprint density at radius 1 is 1.30 bits per heavy atom. The fourth-order valence-corrected chi connectivity index (χ4v) is 2.88. The minimum Gasteiger partial charge on any atom is -0.379 e. The fraction of sp³-hybridized carbons (Fsp3) is 0.333. The minimum atomic E-state index is 0.00289. The molecule has 0 saturated heterocycles. The summed E-state index contributed by atoms with van der Waals surface area (Å²) < 4.78 is 5.21. The van der Waals surface area contributed by atoms with Crippen LogP contribution in [0.2, 0.25) is 0 Å². The molecule has 20 heavy (non-hydrogen) atoms. The highest BCUT2D eigenvalue weighted by Crippen LogP contribution is 2.28. The second kappa shape index (κ2) is 6.15. The Balaban J connectivity index is 2.32. The van der Waals surface area contributed by atoms with E-state index >= 15 is 0 Å². The number of benzene rings is 1. The summed E-state index contributed by atoms with van der Waals surface area (Å²) in [5, 5.41) is 1.01. The van der Waals surface area contributed by atoms with Gasteiger partial charge in [-0.3, -0.25) is 4.79 Å². The lowest BCUT2D eigenvalue weighted by atomic mass is 10.1. The van der Waals surface area contributed by atoms with E-state index in [1.165, 1.54) is 0 Å². The molecule has 2 rings (SSSR count). The van der Waals surface area contributed by atoms with Crippen LogP contribution in [0.25, 0.3) is 11.3 Å². The first-order valence-electron chi connectivity index (χ1n) is 6.30. The molecule has 0 atom stereocenters. The second-order valence-corrected chi connectivity index (χ2v) is 6.00. The number of aryl methyl sites for hydroxylation is 1. The molecule has 0 aliphatic heterocycles. The number of amides is 1. The summed E-state index contributed by atoms with van der Waals surface area (Å²) in [6.45, 7) is 2.54. The fourth-order valence-electron chi connectivity index (χ4n) is 1.95. The molecule has 0 bridgehead atoms. The molecule has 0 saturated carbocycles. The average molecular weight is 290 g/mol. The summed E-state index contributed by atoms with van der Waals surface area (Å²) in [6, 6.07) is 7.54. The van der Waals surface area contributed by atoms with Gasteiger partial charge in [0.2, 0.25) is 0 Å². The predicted molar refractivity (Wildman–Crippen MR) is 81.0 cm³/mol. The highest BCUT2D eigenvalue weighted by atomic mass is 32.1. The van der Waals surface area contributed by atoms with Gasteiger partial charge in [-0.2, -0.15) is 0 Å². The molecule has 1 amide bonds. The third-order valence-electron chi connectivity index (χ3n) is 2.89. The first kappa shape index (κ1) is 14.7. The van der Waals surface area contributed by atoms with E-state index < -0.39 is 0 Å². The average Bonchev–Trinajstić information content (AvgIpc) is 2.79. The van der Waals surface area contributed by atoms with Crippen LogP contribution in [0.1, 0.15) is 20.2 Å². The number of thiazole rings is 1. The highest BCUT2D eigenvalue weighted by molar-refractivity contribution is 7.12. The number of nitrogens with zero attached hydrogens (tertiary/aromatic N) is 2. The van der Waals surface area contributed by atoms with Gasteiger partial charge in [0.15, 0.2) is 0 Å². The molecule has 0 fully saturated rings. The van der Waals surface area contributed by atoms with Crippen LogP contribution in [0.15, 0.2) is 24.3 Å². The van der Waals surface area contributed by atoms with Crippen molar-refractivity contribution in [1.29, 1.82) is 0 Å². The van der Waals surface area contributed by atoms with Crippen molar-refractivity contribution in [3.8, 4) is 11.3 Å². The van der Waals surface area contributed by atoms with Crippen molar-refractivity contribution in [2.45, 2.75) is 13.5 Å². The molecule has 0 radical (unpaired) electrons. The zero-order valence-electron chi connectivity index (χ0n) is 12.1. The van der Waals surface area contributed by atoms with E-state index in [1.54, 1.807) is 37.4 Å². The quantitative estimate of drug-likeness (QED) is 0.869. The van der Waals surface area contributed by atoms with E-state index in [-0.39, 0.29) is 5.91 Å². The molecule has 0 aliphatic carbocycles. The lowest BCUT2D eigenvalue weighted by Gasteiger charge is -2.10. The summed E-state index contributed by atoms with van der Waals surface area (Å²) in [4.78, 5) is 19.1. The van der Waals surface area contributed by atoms with E-state index in [4.69, 9.17) is 4.74 Å². The first-order valence-corrected chi connectivity index (χ1v) is 7.12. The van der Waals surface area contributed by atoms with Gasteiger partial charge in [-0.05, 0) is 19.1 Å². The summed E-state index contributed by atoms with van der Waals surface area (Å²) in [7, 11) is 5.17. The second-order valence-electron chi connectivity index (χ2n) is 4.71. The van der Waals surface area contributed by atoms with E-state index in [0.717, 1.165) is 21.1 Å². The highest BCUT2D eigenvalue weighted by Gasteiger charge is 2.13. The molecule has 1 heterocycles. The van der Waals surface area contributed by atoms with Crippen LogP contribution in [-0.2, 0) is 11.3 Å². The van der Waals surface area contributed by atoms with Gasteiger partial charge in [-0.25, -0.2) is 4.98 Å². The summed E-state index contributed by atoms with van der Waals surface area (Å²) in [6.07, 6.45) is 0. The van der Waals surface area contributed by atoms with Gasteiger partial charge in [0.25, 0.3) is 5.91 Å². The maximum atomic E-state index is 11.9. The van der Waals surface area contributed by atoms with Crippen LogP contribution < -0.4 is 0 Å². The zero-order chi connectivity index (χ0) is 14.7. The molecule has 1 aromatic heterocycles. The number of hydrogen-bond donors (Lipinski definition) is 0. The number of hydrogen-bond acceptors (Lipinski definition) is 4. The van der Waals surface area contributed by atoms with Gasteiger partial charge in [0, 0.05) is 32.3 Å². The van der Waals surface area contributed by atoms with E-state index in [2.05, 4.69) is 4.98 Å². The largest absolute Gasteiger partial charge is 0.379 e. The molecular formula is C15H18N2O2S. The van der Waals surface area contributed by atoms with E-state index in [0.29, 0.717) is 12.2 Å². The van der Waals surface area contributed by atoms with Gasteiger partial charge >= 0.3 is 0 Å². The van der Waals surface area contributed by atoms with Crippen LogP contribution in [0.5, 0.6) is 0 Å². The molecular weight excluding hydrogens is 272 g/mol. The standard InChI is InChI=1S/C15H18N2O2S/c1-10-16-14(13(20-10)9-19-4)11-5-7-12(8-6-11)15(18)17(2)3/h5-8H,9H2,1-4H3.